The van der Waals surface area contributed by atoms with E-state index in [0.717, 1.165) is 0 Å². The van der Waals surface area contributed by atoms with Crippen molar-refractivity contribution >= 4 is 35.8 Å². The molecule has 0 atom stereocenters. The first-order valence-corrected chi connectivity index (χ1v) is 17.4. The van der Waals surface area contributed by atoms with Crippen LogP contribution in [0, 0.1) is 6.92 Å². The summed E-state index contributed by atoms with van der Waals surface area (Å²) in [5.74, 6) is 0. The Bertz CT molecular complexity index is 389. The molecule has 1 rings (SSSR count). The van der Waals surface area contributed by atoms with Crippen LogP contribution in [0.5, 0.6) is 0 Å². The quantitative estimate of drug-likeness (QED) is 0.361. The molecule has 0 aliphatic heterocycles. The van der Waals surface area contributed by atoms with Crippen molar-refractivity contribution in [1.29, 1.82) is 0 Å². The molecule has 21 heavy (non-hydrogen) atoms. The minimum atomic E-state index is -2.09. The molecule has 120 valence electrons. The first kappa shape index (κ1) is 19.2. The van der Waals surface area contributed by atoms with Gasteiger partial charge in [0, 0.05) is 0 Å². The van der Waals surface area contributed by atoms with Gasteiger partial charge >= 0.3 is 140 Å². The Hall–Kier alpha value is 0.169. The average Bonchev–Trinajstić information content (AvgIpc) is 2.91. The Morgan fingerprint density at radius 2 is 1.52 bits per heavy atom. The molecule has 0 amide bonds. The van der Waals surface area contributed by atoms with Crippen LogP contribution >= 0.6 is 11.3 Å². The molecule has 0 saturated heterocycles. The van der Waals surface area contributed by atoms with Crippen molar-refractivity contribution in [1.82, 2.24) is 4.98 Å². The minimum absolute atomic E-state index is 1.19. The molecule has 0 aliphatic rings. The van der Waals surface area contributed by atoms with E-state index < -0.39 is 18.4 Å². The van der Waals surface area contributed by atoms with Gasteiger partial charge in [0.1, 0.15) is 0 Å². The molecule has 1 aromatic rings. The van der Waals surface area contributed by atoms with Gasteiger partial charge in [-0.2, -0.15) is 0 Å². The fraction of sp³-hybridized carbons (Fsp3) is 0.722. The predicted molar refractivity (Wildman–Crippen MR) is 101 cm³/mol. The summed E-state index contributed by atoms with van der Waals surface area (Å²) in [6, 6.07) is 0. The normalized spacial score (nSPS) is 12.4. The predicted octanol–water partition coefficient (Wildman–Crippen LogP) is 6.85. The number of aryl methyl sites for hydroxylation is 1. The van der Waals surface area contributed by atoms with Crippen molar-refractivity contribution in [3.05, 3.63) is 20.2 Å². The van der Waals surface area contributed by atoms with Crippen molar-refractivity contribution in [2.45, 2.75) is 79.5 Å². The summed E-state index contributed by atoms with van der Waals surface area (Å²) in [7, 11) is 0. The molecular formula is C18H33NSSn. The summed E-state index contributed by atoms with van der Waals surface area (Å²) < 4.78 is 7.35. The van der Waals surface area contributed by atoms with E-state index in [1.165, 1.54) is 49.2 Å². The van der Waals surface area contributed by atoms with Crippen molar-refractivity contribution in [2.24, 2.45) is 0 Å². The maximum absolute atomic E-state index is 4.62. The number of aromatic nitrogens is 1. The van der Waals surface area contributed by atoms with Gasteiger partial charge < -0.3 is 0 Å². The summed E-state index contributed by atoms with van der Waals surface area (Å²) in [6.45, 7) is 9.11. The van der Waals surface area contributed by atoms with Gasteiger partial charge in [-0.3, -0.25) is 0 Å². The molecular weight excluding hydrogens is 381 g/mol. The summed E-state index contributed by atoms with van der Waals surface area (Å²) in [5, 5.41) is 3.40. The Balaban J connectivity index is 2.85. The molecule has 0 bridgehead atoms. The van der Waals surface area contributed by atoms with Crippen LogP contribution in [-0.2, 0) is 0 Å². The van der Waals surface area contributed by atoms with Gasteiger partial charge in [-0.15, -0.1) is 0 Å². The zero-order chi connectivity index (χ0) is 15.6. The summed E-state index contributed by atoms with van der Waals surface area (Å²) >= 11 is -0.323. The van der Waals surface area contributed by atoms with Gasteiger partial charge in [0.2, 0.25) is 0 Å². The van der Waals surface area contributed by atoms with E-state index >= 15 is 0 Å². The molecule has 1 nitrogen and oxygen atoms in total. The zero-order valence-corrected chi connectivity index (χ0v) is 18.1. The average molecular weight is 414 g/mol. The number of thiazole rings is 1. The fourth-order valence-corrected chi connectivity index (χ4v) is 17.6. The number of hydrogen-bond donors (Lipinski definition) is 0. The van der Waals surface area contributed by atoms with Gasteiger partial charge in [0.05, 0.1) is 0 Å². The summed E-state index contributed by atoms with van der Waals surface area (Å²) in [6.07, 6.45) is 10.7. The topological polar surface area (TPSA) is 12.9 Å². The van der Waals surface area contributed by atoms with Crippen LogP contribution in [0.15, 0.2) is 9.47 Å². The van der Waals surface area contributed by atoms with Gasteiger partial charge in [-0.1, -0.05) is 0 Å². The van der Waals surface area contributed by atoms with E-state index in [2.05, 4.69) is 48.2 Å². The molecule has 0 unspecified atom stereocenters. The molecule has 1 heterocycles. The van der Waals surface area contributed by atoms with Crippen molar-refractivity contribution in [3.63, 3.8) is 0 Å². The summed E-state index contributed by atoms with van der Waals surface area (Å²) in [5.41, 5.74) is 1.20. The molecule has 1 aromatic heterocycles. The van der Waals surface area contributed by atoms with Crippen LogP contribution in [0.2, 0.25) is 13.3 Å². The van der Waals surface area contributed by atoms with Crippen LogP contribution < -0.4 is 0 Å². The second-order valence-electron chi connectivity index (χ2n) is 6.30. The third kappa shape index (κ3) is 7.31. The maximum atomic E-state index is 4.62. The zero-order valence-electron chi connectivity index (χ0n) is 14.5. The molecule has 0 aliphatic carbocycles. The Morgan fingerprint density at radius 3 is 1.90 bits per heavy atom. The Labute approximate surface area is 140 Å². The van der Waals surface area contributed by atoms with E-state index in [4.69, 9.17) is 0 Å². The summed E-state index contributed by atoms with van der Waals surface area (Å²) in [4.78, 5) is 4.62. The van der Waals surface area contributed by atoms with Crippen molar-refractivity contribution in [3.8, 4) is 0 Å². The molecule has 0 saturated carbocycles. The van der Waals surface area contributed by atoms with Gasteiger partial charge in [-0.25, -0.2) is 0 Å². The molecule has 3 heteroatoms. The number of unbranched alkanes of at least 4 members (excludes halogenated alkanes) is 3. The van der Waals surface area contributed by atoms with E-state index in [0.29, 0.717) is 0 Å². The second kappa shape index (κ2) is 10.8. The second-order valence-corrected chi connectivity index (χ2v) is 20.4. The number of hydrogen-bond acceptors (Lipinski definition) is 2. The van der Waals surface area contributed by atoms with E-state index in [1.807, 2.05) is 0 Å². The Kier molecular flexibility index (Phi) is 9.90. The molecule has 0 radical (unpaired) electrons. The molecule has 0 fully saturated rings. The van der Waals surface area contributed by atoms with E-state index in [9.17, 15) is 0 Å². The van der Waals surface area contributed by atoms with Gasteiger partial charge in [-0.05, 0) is 0 Å². The first-order valence-electron chi connectivity index (χ1n) is 8.77. The standard InChI is InChI=1S/C6H6NS.3C4H9.Sn/c1-3-6-4-8-5(2)7-6;3*1-3-4-2;/h1,3-4H,2H3;3*1,3-4H2,2H3;. The fourth-order valence-electron chi connectivity index (χ4n) is 2.93. The SMILES string of the molecule is CCC[CH2][Sn](/[CH]=C/c1csc(C)n1)([CH2]CCC)[CH2]CCC. The molecule has 0 spiro atoms. The monoisotopic (exact) mass is 415 g/mol. The third-order valence-electron chi connectivity index (χ3n) is 4.33. The first-order chi connectivity index (χ1) is 10.2. The van der Waals surface area contributed by atoms with Crippen LogP contribution in [0.25, 0.3) is 6.08 Å². The number of rotatable bonds is 11. The molecule has 0 aromatic carbocycles. The van der Waals surface area contributed by atoms with Crippen LogP contribution in [-0.4, -0.2) is 23.4 Å². The van der Waals surface area contributed by atoms with Crippen molar-refractivity contribution < 1.29 is 0 Å². The van der Waals surface area contributed by atoms with Crippen molar-refractivity contribution in [2.75, 3.05) is 0 Å². The van der Waals surface area contributed by atoms with Crippen LogP contribution in [0.1, 0.15) is 70.0 Å². The van der Waals surface area contributed by atoms with E-state index in [-0.39, 0.29) is 0 Å². The van der Waals surface area contributed by atoms with Crippen LogP contribution in [0.4, 0.5) is 0 Å². The number of nitrogens with zero attached hydrogens (tertiary/aromatic N) is 1. The van der Waals surface area contributed by atoms with Gasteiger partial charge in [0.15, 0.2) is 0 Å². The van der Waals surface area contributed by atoms with E-state index in [1.54, 1.807) is 24.6 Å². The Morgan fingerprint density at radius 1 is 1.00 bits per heavy atom. The third-order valence-corrected chi connectivity index (χ3v) is 19.2. The van der Waals surface area contributed by atoms with Gasteiger partial charge in [0.25, 0.3) is 0 Å². The van der Waals surface area contributed by atoms with Crippen LogP contribution in [0.3, 0.4) is 0 Å². The molecule has 0 N–H and O–H groups in total.